The summed E-state index contributed by atoms with van der Waals surface area (Å²) in [4.78, 5) is 4.68. The molecule has 1 saturated heterocycles. The Kier molecular flexibility index (Phi) is 6.50. The Bertz CT molecular complexity index is 600. The van der Waals surface area contributed by atoms with Crippen LogP contribution >= 0.6 is 24.0 Å². The third-order valence-electron chi connectivity index (χ3n) is 5.07. The van der Waals surface area contributed by atoms with E-state index < -0.39 is 0 Å². The molecule has 5 nitrogen and oxygen atoms in total. The number of aliphatic imine (C=N–C) groups is 1. The first-order valence-electron chi connectivity index (χ1n) is 8.48. The minimum Gasteiger partial charge on any atom is -0.375 e. The summed E-state index contributed by atoms with van der Waals surface area (Å²) in [6, 6.07) is 6.28. The Morgan fingerprint density at radius 2 is 2.21 bits per heavy atom. The van der Waals surface area contributed by atoms with E-state index in [4.69, 9.17) is 15.2 Å². The van der Waals surface area contributed by atoms with Crippen molar-refractivity contribution in [3.05, 3.63) is 29.3 Å². The van der Waals surface area contributed by atoms with Gasteiger partial charge in [0, 0.05) is 25.3 Å². The summed E-state index contributed by atoms with van der Waals surface area (Å²) in [6.45, 7) is 7.71. The maximum Gasteiger partial charge on any atom is 0.193 e. The van der Waals surface area contributed by atoms with Crippen molar-refractivity contribution in [2.45, 2.75) is 57.8 Å². The summed E-state index contributed by atoms with van der Waals surface area (Å²) in [7, 11) is 0. The summed E-state index contributed by atoms with van der Waals surface area (Å²) >= 11 is 0. The van der Waals surface area contributed by atoms with Crippen LogP contribution < -0.4 is 11.1 Å². The van der Waals surface area contributed by atoms with Crippen LogP contribution in [0.5, 0.6) is 0 Å². The second-order valence-electron chi connectivity index (χ2n) is 6.54. The monoisotopic (exact) mass is 445 g/mol. The SMILES string of the molecule is CCOC1CC(N=C(N)Nc2ccc(C)c(C)c2)C12CCCO2.I. The van der Waals surface area contributed by atoms with Gasteiger partial charge in [-0.25, -0.2) is 4.99 Å². The van der Waals surface area contributed by atoms with Gasteiger partial charge in [0.25, 0.3) is 0 Å². The molecule has 3 N–H and O–H groups in total. The maximum absolute atomic E-state index is 6.12. The van der Waals surface area contributed by atoms with Gasteiger partial charge in [-0.05, 0) is 56.9 Å². The number of halogens is 1. The molecular formula is C18H28IN3O2. The molecule has 3 atom stereocenters. The van der Waals surface area contributed by atoms with Crippen molar-refractivity contribution in [1.29, 1.82) is 0 Å². The minimum absolute atomic E-state index is 0. The molecular weight excluding hydrogens is 417 g/mol. The maximum atomic E-state index is 6.12. The summed E-state index contributed by atoms with van der Waals surface area (Å²) in [5, 5.41) is 3.19. The average molecular weight is 445 g/mol. The van der Waals surface area contributed by atoms with E-state index in [1.807, 2.05) is 13.0 Å². The fraction of sp³-hybridized carbons (Fsp3) is 0.611. The van der Waals surface area contributed by atoms with Gasteiger partial charge in [0.1, 0.15) is 5.60 Å². The second-order valence-corrected chi connectivity index (χ2v) is 6.54. The zero-order valence-corrected chi connectivity index (χ0v) is 17.0. The molecule has 2 fully saturated rings. The van der Waals surface area contributed by atoms with Crippen LogP contribution in [-0.4, -0.2) is 36.9 Å². The highest BCUT2D eigenvalue weighted by molar-refractivity contribution is 14.0. The molecule has 1 aliphatic carbocycles. The van der Waals surface area contributed by atoms with Gasteiger partial charge in [-0.15, -0.1) is 24.0 Å². The molecule has 6 heteroatoms. The summed E-state index contributed by atoms with van der Waals surface area (Å²) < 4.78 is 11.8. The smallest absolute Gasteiger partial charge is 0.193 e. The van der Waals surface area contributed by atoms with Crippen LogP contribution in [0.2, 0.25) is 0 Å². The molecule has 1 aliphatic heterocycles. The summed E-state index contributed by atoms with van der Waals surface area (Å²) in [5.74, 6) is 0.447. The number of rotatable bonds is 4. The summed E-state index contributed by atoms with van der Waals surface area (Å²) in [5.41, 5.74) is 9.33. The van der Waals surface area contributed by atoms with Crippen LogP contribution in [0.15, 0.2) is 23.2 Å². The number of nitrogens with zero attached hydrogens (tertiary/aromatic N) is 1. The largest absolute Gasteiger partial charge is 0.375 e. The lowest BCUT2D eigenvalue weighted by molar-refractivity contribution is -0.188. The number of nitrogens with one attached hydrogen (secondary N) is 1. The van der Waals surface area contributed by atoms with E-state index in [0.29, 0.717) is 12.6 Å². The summed E-state index contributed by atoms with van der Waals surface area (Å²) in [6.07, 6.45) is 3.10. The third-order valence-corrected chi connectivity index (χ3v) is 5.07. The number of nitrogens with two attached hydrogens (primary N) is 1. The van der Waals surface area contributed by atoms with Gasteiger partial charge in [-0.3, -0.25) is 0 Å². The van der Waals surface area contributed by atoms with Gasteiger partial charge >= 0.3 is 0 Å². The normalized spacial score (nSPS) is 29.2. The molecule has 0 bridgehead atoms. The number of benzene rings is 1. The number of ether oxygens (including phenoxy) is 2. The molecule has 0 aromatic heterocycles. The van der Waals surface area contributed by atoms with E-state index in [-0.39, 0.29) is 41.7 Å². The van der Waals surface area contributed by atoms with Gasteiger partial charge in [0.05, 0.1) is 12.1 Å². The van der Waals surface area contributed by atoms with Crippen molar-refractivity contribution in [2.75, 3.05) is 18.5 Å². The highest BCUT2D eigenvalue weighted by Crippen LogP contribution is 2.47. The van der Waals surface area contributed by atoms with E-state index in [9.17, 15) is 0 Å². The third kappa shape index (κ3) is 3.70. The van der Waals surface area contributed by atoms with Gasteiger partial charge < -0.3 is 20.5 Å². The van der Waals surface area contributed by atoms with Crippen LogP contribution in [-0.2, 0) is 9.47 Å². The highest BCUT2D eigenvalue weighted by atomic mass is 127. The van der Waals surface area contributed by atoms with E-state index in [2.05, 4.69) is 36.3 Å². The molecule has 0 amide bonds. The first-order chi connectivity index (χ1) is 11.0. The molecule has 3 rings (SSSR count). The fourth-order valence-electron chi connectivity index (χ4n) is 3.59. The standard InChI is InChI=1S/C18H27N3O2.HI/c1-4-22-16-11-15(18(16)8-5-9-23-18)21-17(19)20-14-7-6-12(2)13(3)10-14;/h6-7,10,15-16H,4-5,8-9,11H2,1-3H3,(H3,19,20,21);1H. The molecule has 1 spiro atoms. The topological polar surface area (TPSA) is 68.9 Å². The van der Waals surface area contributed by atoms with Crippen LogP contribution in [0.25, 0.3) is 0 Å². The Balaban J connectivity index is 0.00000208. The molecule has 134 valence electrons. The van der Waals surface area contributed by atoms with Crippen LogP contribution in [0, 0.1) is 13.8 Å². The predicted octanol–water partition coefficient (Wildman–Crippen LogP) is 3.37. The van der Waals surface area contributed by atoms with Gasteiger partial charge in [0.15, 0.2) is 5.96 Å². The molecule has 24 heavy (non-hydrogen) atoms. The van der Waals surface area contributed by atoms with Crippen molar-refractivity contribution in [3.63, 3.8) is 0 Å². The fourth-order valence-corrected chi connectivity index (χ4v) is 3.59. The number of guanidine groups is 1. The number of anilines is 1. The lowest BCUT2D eigenvalue weighted by Crippen LogP contribution is -2.63. The van der Waals surface area contributed by atoms with Gasteiger partial charge in [-0.1, -0.05) is 6.07 Å². The van der Waals surface area contributed by atoms with Crippen molar-refractivity contribution in [3.8, 4) is 0 Å². The molecule has 2 aliphatic rings. The minimum atomic E-state index is -0.258. The number of aryl methyl sites for hydroxylation is 2. The van der Waals surface area contributed by atoms with Crippen molar-refractivity contribution < 1.29 is 9.47 Å². The first-order valence-corrected chi connectivity index (χ1v) is 8.48. The van der Waals surface area contributed by atoms with Crippen LogP contribution in [0.1, 0.15) is 37.3 Å². The van der Waals surface area contributed by atoms with Gasteiger partial charge in [0.2, 0.25) is 0 Å². The number of hydrogen-bond donors (Lipinski definition) is 2. The molecule has 1 aromatic rings. The quantitative estimate of drug-likeness (QED) is 0.424. The Labute approximate surface area is 161 Å². The molecule has 1 heterocycles. The van der Waals surface area contributed by atoms with Crippen molar-refractivity contribution in [2.24, 2.45) is 10.7 Å². The van der Waals surface area contributed by atoms with E-state index in [1.165, 1.54) is 11.1 Å². The first kappa shape index (κ1) is 19.5. The van der Waals surface area contributed by atoms with E-state index >= 15 is 0 Å². The predicted molar refractivity (Wildman–Crippen MR) is 108 cm³/mol. The van der Waals surface area contributed by atoms with E-state index in [0.717, 1.165) is 31.6 Å². The highest BCUT2D eigenvalue weighted by Gasteiger charge is 2.59. The molecule has 0 radical (unpaired) electrons. The van der Waals surface area contributed by atoms with Crippen molar-refractivity contribution >= 4 is 35.6 Å². The van der Waals surface area contributed by atoms with Crippen LogP contribution in [0.4, 0.5) is 5.69 Å². The Hall–Kier alpha value is -0.860. The van der Waals surface area contributed by atoms with E-state index in [1.54, 1.807) is 0 Å². The number of hydrogen-bond acceptors (Lipinski definition) is 3. The zero-order valence-electron chi connectivity index (χ0n) is 14.7. The van der Waals surface area contributed by atoms with Crippen LogP contribution in [0.3, 0.4) is 0 Å². The zero-order chi connectivity index (χ0) is 16.4. The average Bonchev–Trinajstić information content (AvgIpc) is 3.03. The Morgan fingerprint density at radius 3 is 2.83 bits per heavy atom. The Morgan fingerprint density at radius 1 is 1.42 bits per heavy atom. The lowest BCUT2D eigenvalue weighted by atomic mass is 9.70. The lowest BCUT2D eigenvalue weighted by Gasteiger charge is -2.50. The van der Waals surface area contributed by atoms with Gasteiger partial charge in [-0.2, -0.15) is 0 Å². The van der Waals surface area contributed by atoms with Crippen molar-refractivity contribution in [1.82, 2.24) is 0 Å². The second kappa shape index (κ2) is 8.01. The molecule has 3 unspecified atom stereocenters. The molecule has 1 saturated carbocycles. The molecule has 1 aromatic carbocycles.